The minimum absolute atomic E-state index is 0.153. The summed E-state index contributed by atoms with van der Waals surface area (Å²) in [5.74, 6) is -2.23. The Morgan fingerprint density at radius 1 is 1.29 bits per heavy atom. The van der Waals surface area contributed by atoms with Crippen LogP contribution in [-0.4, -0.2) is 85.0 Å². The number of aromatic carboxylic acids is 1. The van der Waals surface area contributed by atoms with E-state index in [4.69, 9.17) is 32.7 Å². The van der Waals surface area contributed by atoms with Gasteiger partial charge in [-0.25, -0.2) is 9.78 Å². The van der Waals surface area contributed by atoms with Gasteiger partial charge < -0.3 is 35.1 Å². The SMILES string of the molecule is COC[C@@H](C)NC(=O)c1nc(N2CC[C@@H](NC(=O)c3[nH]c(C)c(Cl)c3Cl)[C@@H](OC)C2)sc1C(=O)O. The first-order valence-corrected chi connectivity index (χ1v) is 12.3. The summed E-state index contributed by atoms with van der Waals surface area (Å²) < 4.78 is 10.6. The second-order valence-electron chi connectivity index (χ2n) is 8.15. The first-order valence-electron chi connectivity index (χ1n) is 10.7. The van der Waals surface area contributed by atoms with Crippen LogP contribution < -0.4 is 15.5 Å². The lowest BCUT2D eigenvalue weighted by molar-refractivity contribution is 0.0540. The normalized spacial score (nSPS) is 18.9. The van der Waals surface area contributed by atoms with Crippen molar-refractivity contribution in [3.63, 3.8) is 0 Å². The van der Waals surface area contributed by atoms with Crippen molar-refractivity contribution < 1.29 is 29.0 Å². The Balaban J connectivity index is 1.73. The monoisotopic (exact) mass is 547 g/mol. The quantitative estimate of drug-likeness (QED) is 0.374. The average molecular weight is 548 g/mol. The summed E-state index contributed by atoms with van der Waals surface area (Å²) in [6.45, 7) is 4.52. The molecule has 1 saturated heterocycles. The predicted molar refractivity (Wildman–Crippen MR) is 132 cm³/mol. The Hall–Kier alpha value is -2.38. The summed E-state index contributed by atoms with van der Waals surface area (Å²) in [5.41, 5.74) is 0.615. The van der Waals surface area contributed by atoms with Crippen molar-refractivity contribution in [1.82, 2.24) is 20.6 Å². The van der Waals surface area contributed by atoms with Crippen molar-refractivity contribution in [1.29, 1.82) is 0 Å². The number of aromatic nitrogens is 2. The van der Waals surface area contributed by atoms with Gasteiger partial charge >= 0.3 is 5.97 Å². The van der Waals surface area contributed by atoms with Gasteiger partial charge in [-0.05, 0) is 20.3 Å². The molecule has 3 rings (SSSR count). The van der Waals surface area contributed by atoms with Crippen LogP contribution >= 0.6 is 34.5 Å². The van der Waals surface area contributed by atoms with Crippen LogP contribution in [0, 0.1) is 6.92 Å². The highest BCUT2D eigenvalue weighted by molar-refractivity contribution is 7.17. The topological polar surface area (TPSA) is 146 Å². The van der Waals surface area contributed by atoms with Gasteiger partial charge in [0.25, 0.3) is 11.8 Å². The van der Waals surface area contributed by atoms with Crippen molar-refractivity contribution in [3.8, 4) is 0 Å². The van der Waals surface area contributed by atoms with Gasteiger partial charge in [0, 0.05) is 39.0 Å². The molecule has 0 aromatic carbocycles. The van der Waals surface area contributed by atoms with Crippen LogP contribution in [0.4, 0.5) is 5.13 Å². The highest BCUT2D eigenvalue weighted by Crippen LogP contribution is 2.31. The number of carbonyl (C=O) groups excluding carboxylic acids is 2. The lowest BCUT2D eigenvalue weighted by Crippen LogP contribution is -2.55. The molecule has 2 aromatic rings. The lowest BCUT2D eigenvalue weighted by Gasteiger charge is -2.37. The number of hydrogen-bond acceptors (Lipinski definition) is 8. The number of rotatable bonds is 9. The molecule has 1 fully saturated rings. The zero-order chi connectivity index (χ0) is 25.9. The number of aryl methyl sites for hydroxylation is 1. The summed E-state index contributed by atoms with van der Waals surface area (Å²) in [7, 11) is 3.03. The summed E-state index contributed by atoms with van der Waals surface area (Å²) >= 11 is 13.2. The second-order valence-corrected chi connectivity index (χ2v) is 9.88. The van der Waals surface area contributed by atoms with Gasteiger partial charge in [-0.2, -0.15) is 0 Å². The Labute approximate surface area is 216 Å². The maximum atomic E-state index is 12.8. The number of methoxy groups -OCH3 is 2. The summed E-state index contributed by atoms with van der Waals surface area (Å²) in [4.78, 5) is 46.1. The third-order valence-electron chi connectivity index (χ3n) is 5.55. The summed E-state index contributed by atoms with van der Waals surface area (Å²) in [6.07, 6.45) is 0.0677. The Bertz CT molecular complexity index is 1110. The van der Waals surface area contributed by atoms with E-state index in [1.165, 1.54) is 14.2 Å². The maximum absolute atomic E-state index is 12.8. The number of amides is 2. The van der Waals surface area contributed by atoms with Gasteiger partial charge in [0.2, 0.25) is 0 Å². The van der Waals surface area contributed by atoms with Crippen LogP contribution in [0.5, 0.6) is 0 Å². The molecular formula is C21H27Cl2N5O6S. The van der Waals surface area contributed by atoms with E-state index in [9.17, 15) is 19.5 Å². The molecular weight excluding hydrogens is 521 g/mol. The fraction of sp³-hybridized carbons (Fsp3) is 0.524. The molecule has 0 saturated carbocycles. The average Bonchev–Trinajstić information content (AvgIpc) is 3.37. The van der Waals surface area contributed by atoms with Crippen LogP contribution in [-0.2, 0) is 9.47 Å². The number of carboxylic acids is 1. The molecule has 4 N–H and O–H groups in total. The third kappa shape index (κ3) is 6.07. The maximum Gasteiger partial charge on any atom is 0.348 e. The van der Waals surface area contributed by atoms with Crippen LogP contribution in [0.15, 0.2) is 0 Å². The van der Waals surface area contributed by atoms with Gasteiger partial charge in [0.1, 0.15) is 10.6 Å². The van der Waals surface area contributed by atoms with E-state index >= 15 is 0 Å². The smallest absolute Gasteiger partial charge is 0.348 e. The molecule has 2 amide bonds. The number of hydrogen-bond donors (Lipinski definition) is 4. The fourth-order valence-electron chi connectivity index (χ4n) is 3.79. The van der Waals surface area contributed by atoms with E-state index in [1.807, 2.05) is 4.90 Å². The molecule has 1 aliphatic heterocycles. The molecule has 35 heavy (non-hydrogen) atoms. The van der Waals surface area contributed by atoms with Crippen LogP contribution in [0.3, 0.4) is 0 Å². The molecule has 0 bridgehead atoms. The van der Waals surface area contributed by atoms with Gasteiger partial charge in [-0.1, -0.05) is 34.5 Å². The van der Waals surface area contributed by atoms with Crippen LogP contribution in [0.2, 0.25) is 10.0 Å². The van der Waals surface area contributed by atoms with Gasteiger partial charge in [0.15, 0.2) is 10.8 Å². The molecule has 11 nitrogen and oxygen atoms in total. The second kappa shape index (κ2) is 11.6. The number of nitrogens with one attached hydrogen (secondary N) is 3. The van der Waals surface area contributed by atoms with Crippen LogP contribution in [0.25, 0.3) is 0 Å². The number of thiazole rings is 1. The first kappa shape index (κ1) is 27.2. The van der Waals surface area contributed by atoms with Crippen molar-refractivity contribution in [2.45, 2.75) is 38.5 Å². The fourth-order valence-corrected chi connectivity index (χ4v) is 5.14. The molecule has 1 aliphatic rings. The van der Waals surface area contributed by atoms with E-state index in [1.54, 1.807) is 13.8 Å². The lowest BCUT2D eigenvalue weighted by atomic mass is 10.0. The van der Waals surface area contributed by atoms with Crippen LogP contribution in [0.1, 0.15) is 49.7 Å². The predicted octanol–water partition coefficient (Wildman–Crippen LogP) is 2.57. The molecule has 3 heterocycles. The van der Waals surface area contributed by atoms with E-state index in [2.05, 4.69) is 20.6 Å². The number of anilines is 1. The zero-order valence-corrected chi connectivity index (χ0v) is 21.9. The van der Waals surface area contributed by atoms with E-state index < -0.39 is 23.9 Å². The molecule has 0 aliphatic carbocycles. The third-order valence-corrected chi connectivity index (χ3v) is 7.60. The number of piperidine rings is 1. The molecule has 14 heteroatoms. The molecule has 192 valence electrons. The zero-order valence-electron chi connectivity index (χ0n) is 19.6. The molecule has 0 radical (unpaired) electrons. The molecule has 2 aromatic heterocycles. The van der Waals surface area contributed by atoms with E-state index in [0.29, 0.717) is 35.4 Å². The Kier molecular flexibility index (Phi) is 9.00. The minimum atomic E-state index is -1.24. The largest absolute Gasteiger partial charge is 0.477 e. The van der Waals surface area contributed by atoms with Crippen molar-refractivity contribution in [3.05, 3.63) is 32.0 Å². The summed E-state index contributed by atoms with van der Waals surface area (Å²) in [6, 6.07) is -0.651. The Morgan fingerprint density at radius 3 is 2.57 bits per heavy atom. The number of ether oxygens (including phenoxy) is 2. The number of nitrogens with zero attached hydrogens (tertiary/aromatic N) is 2. The molecule has 0 spiro atoms. The van der Waals surface area contributed by atoms with Gasteiger partial charge in [-0.3, -0.25) is 9.59 Å². The van der Waals surface area contributed by atoms with Crippen molar-refractivity contribution in [2.75, 3.05) is 38.8 Å². The number of halogens is 2. The standard InChI is InChI=1S/C21H27Cl2N5O6S/c1-9(8-33-3)24-19(30)16-17(20(31)32)35-21(27-16)28-6-5-11(12(7-28)34-4)26-18(29)15-14(23)13(22)10(2)25-15/h9,11-12,25H,5-8H2,1-4H3,(H,24,30)(H,26,29)(H,31,32)/t9-,11-,12+/m1/s1. The van der Waals surface area contributed by atoms with Crippen molar-refractivity contribution >= 4 is 57.5 Å². The molecule has 0 unspecified atom stereocenters. The van der Waals surface area contributed by atoms with E-state index in [-0.39, 0.29) is 40.0 Å². The first-order chi connectivity index (χ1) is 16.6. The van der Waals surface area contributed by atoms with E-state index in [0.717, 1.165) is 11.3 Å². The summed E-state index contributed by atoms with van der Waals surface area (Å²) in [5, 5.41) is 16.1. The Morgan fingerprint density at radius 2 is 2.00 bits per heavy atom. The number of carboxylic acid groups (broad SMARTS) is 1. The number of H-pyrrole nitrogens is 1. The highest BCUT2D eigenvalue weighted by Gasteiger charge is 2.34. The minimum Gasteiger partial charge on any atom is -0.477 e. The van der Waals surface area contributed by atoms with Gasteiger partial charge in [0.05, 0.1) is 28.8 Å². The highest BCUT2D eigenvalue weighted by atomic mass is 35.5. The number of aromatic amines is 1. The van der Waals surface area contributed by atoms with Gasteiger partial charge in [-0.15, -0.1) is 0 Å². The van der Waals surface area contributed by atoms with Crippen molar-refractivity contribution in [2.24, 2.45) is 0 Å². The number of carbonyl (C=O) groups is 3. The molecule has 3 atom stereocenters.